The van der Waals surface area contributed by atoms with E-state index in [1.54, 1.807) is 6.92 Å². The molecule has 0 aliphatic rings. The third-order valence-electron chi connectivity index (χ3n) is 1.17. The predicted molar refractivity (Wildman–Crippen MR) is 59.7 cm³/mol. The number of carbonyl (C=O) groups excluding carboxylic acids is 1. The van der Waals surface area contributed by atoms with Crippen molar-refractivity contribution in [2.45, 2.75) is 53.2 Å². The second-order valence-corrected chi connectivity index (χ2v) is 3.51. The number of ether oxygens (including phenoxy) is 2. The Bertz CT molecular complexity index is 130. The van der Waals surface area contributed by atoms with E-state index in [4.69, 9.17) is 9.84 Å². The van der Waals surface area contributed by atoms with Crippen molar-refractivity contribution in [3.8, 4) is 0 Å². The summed E-state index contributed by atoms with van der Waals surface area (Å²) in [5, 5.41) is 8.16. The number of hydrogen-bond acceptors (Lipinski definition) is 4. The lowest BCUT2D eigenvalue weighted by Crippen LogP contribution is -2.09. The molecular weight excluding hydrogens is 196 g/mol. The first-order valence-electron chi connectivity index (χ1n) is 5.35. The summed E-state index contributed by atoms with van der Waals surface area (Å²) in [6.45, 7) is 10.2. The van der Waals surface area contributed by atoms with Crippen molar-refractivity contribution < 1.29 is 19.4 Å². The monoisotopic (exact) mass is 220 g/mol. The Balaban J connectivity index is 0. The molecule has 92 valence electrons. The minimum atomic E-state index is -0.338. The Labute approximate surface area is 92.6 Å². The molecule has 0 heterocycles. The van der Waals surface area contributed by atoms with E-state index in [-0.39, 0.29) is 19.0 Å². The number of hydrogen-bond donors (Lipinski definition) is 1. The summed E-state index contributed by atoms with van der Waals surface area (Å²) < 4.78 is 9.73. The van der Waals surface area contributed by atoms with E-state index in [0.29, 0.717) is 18.8 Å². The van der Waals surface area contributed by atoms with Crippen LogP contribution in [0.3, 0.4) is 0 Å². The standard InChI is InChI=1S/C6H14O.C5H10O3/c1-5(2)7-6(3)4;1-2-8-5(7)3-4-6/h5-6H,1-4H3;6H,2-4H2,1H3. The summed E-state index contributed by atoms with van der Waals surface area (Å²) in [6, 6.07) is 0. The highest BCUT2D eigenvalue weighted by atomic mass is 16.5. The molecule has 15 heavy (non-hydrogen) atoms. The molecule has 0 aliphatic heterocycles. The first kappa shape index (κ1) is 16.8. The Morgan fingerprint density at radius 1 is 1.20 bits per heavy atom. The number of carbonyl (C=O) groups is 1. The van der Waals surface area contributed by atoms with Gasteiger partial charge in [-0.1, -0.05) is 0 Å². The van der Waals surface area contributed by atoms with Crippen LogP contribution in [0.15, 0.2) is 0 Å². The lowest BCUT2D eigenvalue weighted by Gasteiger charge is -2.09. The molecule has 0 aliphatic carbocycles. The van der Waals surface area contributed by atoms with Crippen molar-refractivity contribution in [2.24, 2.45) is 0 Å². The average Bonchev–Trinajstić information content (AvgIpc) is 2.03. The zero-order valence-electron chi connectivity index (χ0n) is 10.4. The molecule has 0 aromatic heterocycles. The molecule has 0 aromatic rings. The lowest BCUT2D eigenvalue weighted by molar-refractivity contribution is -0.143. The third kappa shape index (κ3) is 19.7. The average molecular weight is 220 g/mol. The fraction of sp³-hybridized carbons (Fsp3) is 0.909. The van der Waals surface area contributed by atoms with Crippen LogP contribution in [-0.2, 0) is 14.3 Å². The number of esters is 1. The molecule has 4 heteroatoms. The summed E-state index contributed by atoms with van der Waals surface area (Å²) in [4.78, 5) is 10.3. The van der Waals surface area contributed by atoms with Crippen molar-refractivity contribution in [3.63, 3.8) is 0 Å². The highest BCUT2D eigenvalue weighted by molar-refractivity contribution is 5.69. The van der Waals surface area contributed by atoms with Gasteiger partial charge >= 0.3 is 5.97 Å². The molecule has 0 amide bonds. The summed E-state index contributed by atoms with van der Waals surface area (Å²) in [7, 11) is 0. The van der Waals surface area contributed by atoms with Gasteiger partial charge in [-0.25, -0.2) is 0 Å². The summed E-state index contributed by atoms with van der Waals surface area (Å²) in [6.07, 6.45) is 0.855. The van der Waals surface area contributed by atoms with Crippen LogP contribution < -0.4 is 0 Å². The quantitative estimate of drug-likeness (QED) is 0.717. The van der Waals surface area contributed by atoms with Gasteiger partial charge in [0.05, 0.1) is 31.8 Å². The minimum absolute atomic E-state index is 0.105. The lowest BCUT2D eigenvalue weighted by atomic mass is 10.4. The molecule has 0 aromatic carbocycles. The van der Waals surface area contributed by atoms with Gasteiger partial charge < -0.3 is 14.6 Å². The van der Waals surface area contributed by atoms with Crippen LogP contribution >= 0.6 is 0 Å². The highest BCUT2D eigenvalue weighted by Gasteiger charge is 1.96. The van der Waals surface area contributed by atoms with Crippen LogP contribution in [0.1, 0.15) is 41.0 Å². The van der Waals surface area contributed by atoms with E-state index >= 15 is 0 Å². The molecule has 0 rings (SSSR count). The van der Waals surface area contributed by atoms with Crippen molar-refractivity contribution >= 4 is 5.97 Å². The van der Waals surface area contributed by atoms with E-state index in [2.05, 4.69) is 4.74 Å². The van der Waals surface area contributed by atoms with Gasteiger partial charge in [-0.15, -0.1) is 0 Å². The van der Waals surface area contributed by atoms with Gasteiger partial charge in [-0.2, -0.15) is 0 Å². The molecule has 1 N–H and O–H groups in total. The second kappa shape index (κ2) is 11.5. The molecule has 0 radical (unpaired) electrons. The molecule has 0 bridgehead atoms. The predicted octanol–water partition coefficient (Wildman–Crippen LogP) is 1.75. The molecule has 0 spiro atoms. The highest BCUT2D eigenvalue weighted by Crippen LogP contribution is 1.93. The van der Waals surface area contributed by atoms with Crippen LogP contribution in [0.2, 0.25) is 0 Å². The van der Waals surface area contributed by atoms with Crippen LogP contribution in [0.4, 0.5) is 0 Å². The fourth-order valence-corrected chi connectivity index (χ4v) is 0.869. The van der Waals surface area contributed by atoms with Crippen molar-refractivity contribution in [1.82, 2.24) is 0 Å². The van der Waals surface area contributed by atoms with Crippen molar-refractivity contribution in [2.75, 3.05) is 13.2 Å². The molecule has 0 atom stereocenters. The Morgan fingerprint density at radius 3 is 1.87 bits per heavy atom. The first-order valence-corrected chi connectivity index (χ1v) is 5.35. The van der Waals surface area contributed by atoms with Crippen LogP contribution in [0.5, 0.6) is 0 Å². The van der Waals surface area contributed by atoms with Crippen molar-refractivity contribution in [1.29, 1.82) is 0 Å². The second-order valence-electron chi connectivity index (χ2n) is 3.51. The van der Waals surface area contributed by atoms with Gasteiger partial charge in [0.25, 0.3) is 0 Å². The zero-order valence-corrected chi connectivity index (χ0v) is 10.4. The van der Waals surface area contributed by atoms with Gasteiger partial charge in [0.15, 0.2) is 0 Å². The molecule has 0 unspecified atom stereocenters. The summed E-state index contributed by atoms with van der Waals surface area (Å²) in [5.41, 5.74) is 0. The molecular formula is C11H24O4. The van der Waals surface area contributed by atoms with Crippen LogP contribution in [0, 0.1) is 0 Å². The van der Waals surface area contributed by atoms with E-state index in [1.807, 2.05) is 27.7 Å². The topological polar surface area (TPSA) is 55.8 Å². The van der Waals surface area contributed by atoms with Gasteiger partial charge in [0, 0.05) is 0 Å². The Morgan fingerprint density at radius 2 is 1.67 bits per heavy atom. The normalized spacial score (nSPS) is 9.87. The number of aliphatic hydroxyl groups is 1. The molecule has 0 saturated heterocycles. The third-order valence-corrected chi connectivity index (χ3v) is 1.17. The van der Waals surface area contributed by atoms with Crippen LogP contribution in [-0.4, -0.2) is 36.5 Å². The zero-order chi connectivity index (χ0) is 12.3. The molecule has 4 nitrogen and oxygen atoms in total. The van der Waals surface area contributed by atoms with Crippen LogP contribution in [0.25, 0.3) is 0 Å². The maximum Gasteiger partial charge on any atom is 0.308 e. The molecule has 0 fully saturated rings. The first-order chi connectivity index (χ1) is 6.93. The smallest absolute Gasteiger partial charge is 0.308 e. The van der Waals surface area contributed by atoms with Gasteiger partial charge in [-0.05, 0) is 34.6 Å². The van der Waals surface area contributed by atoms with E-state index in [9.17, 15) is 4.79 Å². The fourth-order valence-electron chi connectivity index (χ4n) is 0.869. The van der Waals surface area contributed by atoms with E-state index in [1.165, 1.54) is 0 Å². The number of aliphatic hydroxyl groups excluding tert-OH is 1. The van der Waals surface area contributed by atoms with Gasteiger partial charge in [-0.3, -0.25) is 4.79 Å². The minimum Gasteiger partial charge on any atom is -0.466 e. The maximum atomic E-state index is 10.3. The Hall–Kier alpha value is -0.610. The number of rotatable bonds is 5. The largest absolute Gasteiger partial charge is 0.466 e. The van der Waals surface area contributed by atoms with E-state index in [0.717, 1.165) is 0 Å². The summed E-state index contributed by atoms with van der Waals surface area (Å²) >= 11 is 0. The maximum absolute atomic E-state index is 10.3. The SMILES string of the molecule is CC(C)OC(C)C.CCOC(=O)CCO. The van der Waals surface area contributed by atoms with Gasteiger partial charge in [0.1, 0.15) is 0 Å². The van der Waals surface area contributed by atoms with Gasteiger partial charge in [0.2, 0.25) is 0 Å². The van der Waals surface area contributed by atoms with Crippen molar-refractivity contribution in [3.05, 3.63) is 0 Å². The van der Waals surface area contributed by atoms with E-state index < -0.39 is 0 Å². The Kier molecular flexibility index (Phi) is 12.8. The molecule has 0 saturated carbocycles. The summed E-state index contributed by atoms with van der Waals surface area (Å²) in [5.74, 6) is -0.338.